The number of carbonyl (C=O) groups excluding carboxylic acids is 1. The van der Waals surface area contributed by atoms with Gasteiger partial charge in [0.2, 0.25) is 5.91 Å². The molecule has 74 valence electrons. The van der Waals surface area contributed by atoms with Gasteiger partial charge in [-0.1, -0.05) is 6.08 Å². The molecule has 1 atom stereocenters. The lowest BCUT2D eigenvalue weighted by Gasteiger charge is -2.22. The molecule has 0 aliphatic carbocycles. The minimum absolute atomic E-state index is 0.194. The first-order valence-electron chi connectivity index (χ1n) is 4.90. The number of nitrogens with one attached hydrogen (secondary N) is 1. The smallest absolute Gasteiger partial charge is 0.227 e. The van der Waals surface area contributed by atoms with E-state index in [1.807, 2.05) is 11.8 Å². The number of rotatable bonds is 4. The van der Waals surface area contributed by atoms with Crippen LogP contribution in [0.4, 0.5) is 0 Å². The van der Waals surface area contributed by atoms with Gasteiger partial charge in [-0.25, -0.2) is 0 Å². The molecule has 3 nitrogen and oxygen atoms in total. The Hall–Kier alpha value is -0.830. The van der Waals surface area contributed by atoms with Gasteiger partial charge in [0, 0.05) is 19.6 Å². The van der Waals surface area contributed by atoms with Gasteiger partial charge in [-0.05, 0) is 19.9 Å². The van der Waals surface area contributed by atoms with Gasteiger partial charge in [0.15, 0.2) is 0 Å². The number of nitrogens with zero attached hydrogens (tertiary/aromatic N) is 1. The molecule has 1 rings (SSSR count). The fourth-order valence-corrected chi connectivity index (χ4v) is 1.65. The van der Waals surface area contributed by atoms with Gasteiger partial charge in [-0.2, -0.15) is 0 Å². The molecule has 1 saturated heterocycles. The molecule has 1 amide bonds. The summed E-state index contributed by atoms with van der Waals surface area (Å²) >= 11 is 0. The Morgan fingerprint density at radius 3 is 3.00 bits per heavy atom. The third-order valence-electron chi connectivity index (χ3n) is 2.45. The van der Waals surface area contributed by atoms with Crippen LogP contribution in [0.1, 0.15) is 13.3 Å². The zero-order chi connectivity index (χ0) is 9.68. The second kappa shape index (κ2) is 5.02. The summed E-state index contributed by atoms with van der Waals surface area (Å²) in [6.45, 7) is 8.92. The van der Waals surface area contributed by atoms with Crippen molar-refractivity contribution in [2.75, 3.05) is 26.2 Å². The fourth-order valence-electron chi connectivity index (χ4n) is 1.65. The fraction of sp³-hybridized carbons (Fsp3) is 0.700. The Balaban J connectivity index is 2.46. The van der Waals surface area contributed by atoms with Crippen LogP contribution in [0.2, 0.25) is 0 Å². The normalized spacial score (nSPS) is 21.5. The van der Waals surface area contributed by atoms with E-state index in [1.165, 1.54) is 0 Å². The zero-order valence-electron chi connectivity index (χ0n) is 8.25. The van der Waals surface area contributed by atoms with Crippen LogP contribution in [0.5, 0.6) is 0 Å². The van der Waals surface area contributed by atoms with E-state index in [2.05, 4.69) is 11.9 Å². The highest BCUT2D eigenvalue weighted by Crippen LogP contribution is 2.11. The molecule has 13 heavy (non-hydrogen) atoms. The average Bonchev–Trinajstić information content (AvgIpc) is 2.65. The second-order valence-electron chi connectivity index (χ2n) is 3.36. The molecule has 3 heteroatoms. The van der Waals surface area contributed by atoms with E-state index >= 15 is 0 Å². The van der Waals surface area contributed by atoms with Gasteiger partial charge in [0.05, 0.1) is 5.92 Å². The maximum absolute atomic E-state index is 11.8. The van der Waals surface area contributed by atoms with E-state index in [9.17, 15) is 4.79 Å². The molecule has 0 saturated carbocycles. The van der Waals surface area contributed by atoms with Crippen molar-refractivity contribution in [3.8, 4) is 0 Å². The highest BCUT2D eigenvalue weighted by atomic mass is 16.2. The highest BCUT2D eigenvalue weighted by Gasteiger charge is 2.25. The lowest BCUT2D eigenvalue weighted by molar-refractivity contribution is -0.134. The summed E-state index contributed by atoms with van der Waals surface area (Å²) in [4.78, 5) is 13.7. The standard InChI is InChI=1S/C10H18N2O/c1-3-7-12(4-2)10(13)9-5-6-11-8-9/h3,9,11H,1,4-8H2,2H3. The topological polar surface area (TPSA) is 32.3 Å². The predicted molar refractivity (Wildman–Crippen MR) is 53.4 cm³/mol. The van der Waals surface area contributed by atoms with Crippen LogP contribution in [-0.4, -0.2) is 37.0 Å². The molecule has 0 aromatic carbocycles. The monoisotopic (exact) mass is 182 g/mol. The molecule has 0 radical (unpaired) electrons. The largest absolute Gasteiger partial charge is 0.339 e. The van der Waals surface area contributed by atoms with E-state index in [1.54, 1.807) is 6.08 Å². The van der Waals surface area contributed by atoms with Gasteiger partial charge >= 0.3 is 0 Å². The average molecular weight is 182 g/mol. The lowest BCUT2D eigenvalue weighted by Crippen LogP contribution is -2.36. The summed E-state index contributed by atoms with van der Waals surface area (Å²) < 4.78 is 0. The van der Waals surface area contributed by atoms with Crippen molar-refractivity contribution >= 4 is 5.91 Å². The van der Waals surface area contributed by atoms with Crippen LogP contribution in [0.25, 0.3) is 0 Å². The van der Waals surface area contributed by atoms with Gasteiger partial charge < -0.3 is 10.2 Å². The molecular weight excluding hydrogens is 164 g/mol. The van der Waals surface area contributed by atoms with Crippen LogP contribution in [0.3, 0.4) is 0 Å². The van der Waals surface area contributed by atoms with Gasteiger partial charge in [-0.3, -0.25) is 4.79 Å². The number of carbonyl (C=O) groups is 1. The highest BCUT2D eigenvalue weighted by molar-refractivity contribution is 5.79. The van der Waals surface area contributed by atoms with Gasteiger partial charge in [-0.15, -0.1) is 6.58 Å². The lowest BCUT2D eigenvalue weighted by atomic mass is 10.1. The summed E-state index contributed by atoms with van der Waals surface area (Å²) in [6, 6.07) is 0. The number of hydrogen-bond donors (Lipinski definition) is 1. The van der Waals surface area contributed by atoms with E-state index in [0.717, 1.165) is 26.1 Å². The van der Waals surface area contributed by atoms with Crippen molar-refractivity contribution in [3.63, 3.8) is 0 Å². The minimum Gasteiger partial charge on any atom is -0.339 e. The van der Waals surface area contributed by atoms with Crippen LogP contribution in [-0.2, 0) is 4.79 Å². The molecule has 1 N–H and O–H groups in total. The Kier molecular flexibility index (Phi) is 3.96. The van der Waals surface area contributed by atoms with Crippen LogP contribution < -0.4 is 5.32 Å². The molecule has 1 unspecified atom stereocenters. The maximum Gasteiger partial charge on any atom is 0.227 e. The van der Waals surface area contributed by atoms with Crippen LogP contribution >= 0.6 is 0 Å². The van der Waals surface area contributed by atoms with Crippen LogP contribution in [0.15, 0.2) is 12.7 Å². The maximum atomic E-state index is 11.8. The third-order valence-corrected chi connectivity index (χ3v) is 2.45. The van der Waals surface area contributed by atoms with Gasteiger partial charge in [0.25, 0.3) is 0 Å². The molecule has 0 aromatic heterocycles. The first-order chi connectivity index (χ1) is 6.29. The quantitative estimate of drug-likeness (QED) is 0.647. The zero-order valence-corrected chi connectivity index (χ0v) is 8.25. The molecular formula is C10H18N2O. The second-order valence-corrected chi connectivity index (χ2v) is 3.36. The third kappa shape index (κ3) is 2.56. The van der Waals surface area contributed by atoms with Crippen molar-refractivity contribution in [2.45, 2.75) is 13.3 Å². The summed E-state index contributed by atoms with van der Waals surface area (Å²) in [5.41, 5.74) is 0. The number of amides is 1. The van der Waals surface area contributed by atoms with E-state index in [4.69, 9.17) is 0 Å². The Labute approximate surface area is 79.8 Å². The van der Waals surface area contributed by atoms with Crippen molar-refractivity contribution in [1.29, 1.82) is 0 Å². The first kappa shape index (κ1) is 10.3. The number of likely N-dealkylation sites (N-methyl/N-ethyl adjacent to an activating group) is 1. The van der Waals surface area contributed by atoms with Crippen LogP contribution in [0, 0.1) is 5.92 Å². The molecule has 0 bridgehead atoms. The summed E-state index contributed by atoms with van der Waals surface area (Å²) in [5.74, 6) is 0.465. The SMILES string of the molecule is C=CCN(CC)C(=O)C1CCNC1. The molecule has 1 aliphatic heterocycles. The predicted octanol–water partition coefficient (Wildman–Crippen LogP) is 0.630. The van der Waals surface area contributed by atoms with E-state index in [-0.39, 0.29) is 11.8 Å². The minimum atomic E-state index is 0.194. The summed E-state index contributed by atoms with van der Waals surface area (Å²) in [5, 5.41) is 3.20. The Morgan fingerprint density at radius 2 is 2.54 bits per heavy atom. The molecule has 1 heterocycles. The van der Waals surface area contributed by atoms with Crippen molar-refractivity contribution in [1.82, 2.24) is 10.2 Å². The molecule has 0 spiro atoms. The molecule has 1 fully saturated rings. The molecule has 1 aliphatic rings. The van der Waals surface area contributed by atoms with E-state index < -0.39 is 0 Å². The first-order valence-corrected chi connectivity index (χ1v) is 4.90. The van der Waals surface area contributed by atoms with Gasteiger partial charge in [0.1, 0.15) is 0 Å². The van der Waals surface area contributed by atoms with Crippen molar-refractivity contribution < 1.29 is 4.79 Å². The number of hydrogen-bond acceptors (Lipinski definition) is 2. The Morgan fingerprint density at radius 1 is 1.77 bits per heavy atom. The summed E-state index contributed by atoms with van der Waals surface area (Å²) in [7, 11) is 0. The Bertz CT molecular complexity index is 185. The van der Waals surface area contributed by atoms with Crippen molar-refractivity contribution in [3.05, 3.63) is 12.7 Å². The molecule has 0 aromatic rings. The van der Waals surface area contributed by atoms with E-state index in [0.29, 0.717) is 6.54 Å². The summed E-state index contributed by atoms with van der Waals surface area (Å²) in [6.07, 6.45) is 2.76. The van der Waals surface area contributed by atoms with Crippen molar-refractivity contribution in [2.24, 2.45) is 5.92 Å².